The zero-order valence-electron chi connectivity index (χ0n) is 36.0. The first-order chi connectivity index (χ1) is 29.8. The molecule has 21 heteroatoms. The van der Waals surface area contributed by atoms with Crippen LogP contribution in [0.2, 0.25) is 20.1 Å². The summed E-state index contributed by atoms with van der Waals surface area (Å²) in [7, 11) is -6.44. The highest BCUT2D eigenvalue weighted by molar-refractivity contribution is 7.88. The van der Waals surface area contributed by atoms with Crippen molar-refractivity contribution in [1.82, 2.24) is 8.61 Å². The second kappa shape index (κ2) is 23.2. The highest BCUT2D eigenvalue weighted by Gasteiger charge is 2.29. The lowest BCUT2D eigenvalue weighted by Gasteiger charge is -2.30. The average Bonchev–Trinajstić information content (AvgIpc) is 3.17. The van der Waals surface area contributed by atoms with Crippen molar-refractivity contribution in [1.29, 1.82) is 0 Å². The Morgan fingerprint density at radius 2 is 1.12 bits per heavy atom. The number of piperidine rings is 2. The number of carbonyl (C=O) groups is 1. The van der Waals surface area contributed by atoms with Gasteiger partial charge in [-0.1, -0.05) is 74.1 Å². The van der Waals surface area contributed by atoms with Crippen LogP contribution in [0.4, 0.5) is 25.0 Å². The summed E-state index contributed by atoms with van der Waals surface area (Å²) in [6.07, 6.45) is 3.11. The van der Waals surface area contributed by atoms with Crippen molar-refractivity contribution in [3.05, 3.63) is 104 Å². The van der Waals surface area contributed by atoms with E-state index in [1.54, 1.807) is 12.1 Å². The highest BCUT2D eigenvalue weighted by Crippen LogP contribution is 2.41. The number of halogens is 6. The van der Waals surface area contributed by atoms with Crippen molar-refractivity contribution < 1.29 is 49.7 Å². The number of amides is 1. The van der Waals surface area contributed by atoms with Crippen LogP contribution in [-0.2, 0) is 24.8 Å². The number of β-amino-alcohol motifs (C(OH)–C–C–N with tert-alkyl or cyclic N) is 1. The van der Waals surface area contributed by atoms with Crippen LogP contribution >= 0.6 is 46.4 Å². The third-order valence-corrected chi connectivity index (χ3v) is 13.4. The topological polar surface area (TPSA) is 178 Å². The van der Waals surface area contributed by atoms with Crippen molar-refractivity contribution >= 4 is 83.9 Å². The van der Waals surface area contributed by atoms with Gasteiger partial charge in [0.1, 0.15) is 29.2 Å². The zero-order chi connectivity index (χ0) is 47.7. The van der Waals surface area contributed by atoms with Crippen LogP contribution in [-0.4, -0.2) is 87.5 Å². The Labute approximate surface area is 393 Å². The van der Waals surface area contributed by atoms with E-state index in [0.717, 1.165) is 23.8 Å². The SMILES string of the molecule is CC(C)c1cc(F)cc(Oc2c(Cl)cc(N)cc2Cl)c1.CC(C)c1cc(F)cc(Oc2c(Cl)cc(NC(=O)OC3CCCN(S(C)(=O)=O)C3)cc2Cl)c1.CS(=O)(=O)N1CCCC(O)C1. The normalized spacial score (nSPS) is 17.2. The van der Waals surface area contributed by atoms with E-state index in [0.29, 0.717) is 43.8 Å². The number of benzene rings is 4. The predicted molar refractivity (Wildman–Crippen MR) is 250 cm³/mol. The lowest BCUT2D eigenvalue weighted by Crippen LogP contribution is -2.43. The van der Waals surface area contributed by atoms with Gasteiger partial charge < -0.3 is 25.1 Å². The third-order valence-electron chi connectivity index (χ3n) is 9.74. The van der Waals surface area contributed by atoms with Gasteiger partial charge in [0.15, 0.2) is 11.5 Å². The van der Waals surface area contributed by atoms with Gasteiger partial charge in [0, 0.05) is 43.1 Å². The molecule has 0 radical (unpaired) electrons. The Morgan fingerprint density at radius 3 is 1.53 bits per heavy atom. The summed E-state index contributed by atoms with van der Waals surface area (Å²) in [5.74, 6) is 0.454. The minimum atomic E-state index is -3.36. The van der Waals surface area contributed by atoms with Crippen LogP contribution in [0.1, 0.15) is 76.3 Å². The smallest absolute Gasteiger partial charge is 0.411 e. The first kappa shape index (κ1) is 53.0. The van der Waals surface area contributed by atoms with E-state index in [9.17, 15) is 30.4 Å². The number of nitrogens with two attached hydrogens (primary N) is 1. The van der Waals surface area contributed by atoms with E-state index in [1.807, 2.05) is 27.7 Å². The summed E-state index contributed by atoms with van der Waals surface area (Å²) >= 11 is 24.7. The molecule has 4 N–H and O–H groups in total. The molecule has 0 aromatic heterocycles. The molecule has 4 aromatic carbocycles. The number of nitrogen functional groups attached to an aromatic ring is 1. The van der Waals surface area contributed by atoms with E-state index in [1.165, 1.54) is 63.4 Å². The van der Waals surface area contributed by atoms with Crippen molar-refractivity contribution in [2.75, 3.05) is 49.7 Å². The third kappa shape index (κ3) is 16.3. The van der Waals surface area contributed by atoms with Gasteiger partial charge in [-0.2, -0.15) is 8.61 Å². The maximum Gasteiger partial charge on any atom is 0.411 e. The summed E-state index contributed by atoms with van der Waals surface area (Å²) in [4.78, 5) is 12.3. The van der Waals surface area contributed by atoms with Crippen molar-refractivity contribution in [2.45, 2.75) is 77.4 Å². The van der Waals surface area contributed by atoms with Gasteiger partial charge in [0.25, 0.3) is 0 Å². The van der Waals surface area contributed by atoms with Crippen LogP contribution in [0.15, 0.2) is 60.7 Å². The molecule has 352 valence electrons. The Bertz CT molecular complexity index is 2460. The minimum absolute atomic E-state index is 0.0975. The molecule has 2 saturated heterocycles. The second-order valence-electron chi connectivity index (χ2n) is 15.9. The highest BCUT2D eigenvalue weighted by atomic mass is 35.5. The molecule has 64 heavy (non-hydrogen) atoms. The fourth-order valence-electron chi connectivity index (χ4n) is 6.42. The number of ether oxygens (including phenoxy) is 3. The molecule has 2 aliphatic rings. The Hall–Kier alpha value is -3.65. The monoisotopic (exact) mass is 1010 g/mol. The molecule has 0 saturated carbocycles. The molecule has 13 nitrogen and oxygen atoms in total. The Balaban J connectivity index is 0.000000243. The van der Waals surface area contributed by atoms with Crippen LogP contribution in [0, 0.1) is 11.6 Å². The summed E-state index contributed by atoms with van der Waals surface area (Å²) in [5, 5.41) is 12.4. The number of hydrogen-bond donors (Lipinski definition) is 3. The van der Waals surface area contributed by atoms with Gasteiger partial charge in [-0.3, -0.25) is 5.32 Å². The van der Waals surface area contributed by atoms with Gasteiger partial charge in [-0.05, 0) is 97.2 Å². The Kier molecular flexibility index (Phi) is 19.2. The van der Waals surface area contributed by atoms with E-state index < -0.39 is 44.2 Å². The first-order valence-corrected chi connectivity index (χ1v) is 25.3. The summed E-state index contributed by atoms with van der Waals surface area (Å²) in [5.41, 5.74) is 7.92. The molecule has 6 rings (SSSR count). The van der Waals surface area contributed by atoms with Gasteiger partial charge in [-0.15, -0.1) is 0 Å². The molecule has 2 aliphatic heterocycles. The van der Waals surface area contributed by atoms with E-state index in [-0.39, 0.29) is 73.8 Å². The second-order valence-corrected chi connectivity index (χ2v) is 21.5. The predicted octanol–water partition coefficient (Wildman–Crippen LogP) is 11.1. The van der Waals surface area contributed by atoms with E-state index in [2.05, 4.69) is 5.32 Å². The maximum absolute atomic E-state index is 13.9. The number of hydrogen-bond acceptors (Lipinski definition) is 10. The molecule has 0 bridgehead atoms. The fourth-order valence-corrected chi connectivity index (χ4v) is 9.37. The fraction of sp³-hybridized carbons (Fsp3) is 0.419. The molecular weight excluding hydrogens is 960 g/mol. The van der Waals surface area contributed by atoms with Crippen LogP contribution in [0.25, 0.3) is 0 Å². The molecule has 4 aromatic rings. The number of aliphatic hydroxyl groups excluding tert-OH is 1. The number of anilines is 2. The first-order valence-electron chi connectivity index (χ1n) is 20.0. The summed E-state index contributed by atoms with van der Waals surface area (Å²) < 4.78 is 92.2. The maximum atomic E-state index is 13.9. The number of nitrogens with zero attached hydrogens (tertiary/aromatic N) is 2. The summed E-state index contributed by atoms with van der Waals surface area (Å²) in [6.45, 7) is 9.13. The molecule has 2 fully saturated rings. The average molecular weight is 1010 g/mol. The van der Waals surface area contributed by atoms with E-state index in [4.69, 9.17) is 71.5 Å². The molecule has 2 unspecified atom stereocenters. The van der Waals surface area contributed by atoms with E-state index >= 15 is 0 Å². The van der Waals surface area contributed by atoms with Crippen molar-refractivity contribution in [3.8, 4) is 23.0 Å². The van der Waals surface area contributed by atoms with Crippen LogP contribution in [0.3, 0.4) is 0 Å². The molecular formula is C43H52Cl4F2N4O9S2. The lowest BCUT2D eigenvalue weighted by molar-refractivity contribution is 0.0744. The minimum Gasteiger partial charge on any atom is -0.454 e. The number of carbonyl (C=O) groups excluding carboxylic acids is 1. The summed E-state index contributed by atoms with van der Waals surface area (Å²) in [6, 6.07) is 14.8. The van der Waals surface area contributed by atoms with Crippen LogP contribution in [0.5, 0.6) is 23.0 Å². The molecule has 0 aliphatic carbocycles. The lowest BCUT2D eigenvalue weighted by atomic mass is 10.0. The number of sulfonamides is 2. The standard InChI is InChI=1S/C22H25Cl2FN2O5S.C15H14Cl2FNO.C6H13NO3S/c1-13(2)14-7-15(25)9-18(8-14)31-21-19(23)10-16(11-20(21)24)26-22(28)32-17-5-4-6-27(12-17)33(3,29)30;1-8(2)9-3-10(18)5-12(4-9)20-15-13(16)6-11(19)7-14(15)17;1-11(9,10)7-4-2-3-6(8)5-7/h7-11,13,17H,4-6,12H2,1-3H3,(H,26,28);3-8H,19H2,1-2H3;6,8H,2-5H2,1H3. The van der Waals surface area contributed by atoms with Crippen molar-refractivity contribution in [3.63, 3.8) is 0 Å². The molecule has 2 atom stereocenters. The van der Waals surface area contributed by atoms with Gasteiger partial charge in [-0.25, -0.2) is 30.4 Å². The number of rotatable bonds is 10. The molecule has 0 spiro atoms. The van der Waals surface area contributed by atoms with Gasteiger partial charge in [0.05, 0.1) is 45.3 Å². The number of nitrogens with one attached hydrogen (secondary N) is 1. The van der Waals surface area contributed by atoms with Gasteiger partial charge >= 0.3 is 6.09 Å². The Morgan fingerprint density at radius 1 is 0.703 bits per heavy atom. The number of aliphatic hydroxyl groups is 1. The molecule has 1 amide bonds. The van der Waals surface area contributed by atoms with Gasteiger partial charge in [0.2, 0.25) is 20.0 Å². The largest absolute Gasteiger partial charge is 0.454 e. The molecule has 2 heterocycles. The van der Waals surface area contributed by atoms with Crippen molar-refractivity contribution in [2.24, 2.45) is 0 Å². The quantitative estimate of drug-likeness (QED) is 0.130. The zero-order valence-corrected chi connectivity index (χ0v) is 40.7. The van der Waals surface area contributed by atoms with Crippen LogP contribution < -0.4 is 20.5 Å².